The van der Waals surface area contributed by atoms with Gasteiger partial charge in [0.25, 0.3) is 0 Å². The quantitative estimate of drug-likeness (QED) is 0.699. The van der Waals surface area contributed by atoms with Gasteiger partial charge >= 0.3 is 0 Å². The van der Waals surface area contributed by atoms with Gasteiger partial charge in [-0.1, -0.05) is 51.0 Å². The van der Waals surface area contributed by atoms with Crippen LogP contribution in [0.15, 0.2) is 29.8 Å². The zero-order valence-electron chi connectivity index (χ0n) is 11.4. The second-order valence-corrected chi connectivity index (χ2v) is 5.79. The summed E-state index contributed by atoms with van der Waals surface area (Å²) in [6.07, 6.45) is 3.88. The summed E-state index contributed by atoms with van der Waals surface area (Å²) in [6.45, 7) is 6.65. The number of hydrogen-bond donors (Lipinski definition) is 0. The maximum Gasteiger partial charge on any atom is 0.0801 e. The highest BCUT2D eigenvalue weighted by molar-refractivity contribution is 7.13. The first-order chi connectivity index (χ1) is 8.72. The molecule has 1 aromatic carbocycles. The Labute approximate surface area is 114 Å². The molecule has 1 aromatic heterocycles. The molecule has 0 amide bonds. The highest BCUT2D eigenvalue weighted by atomic mass is 32.1. The second kappa shape index (κ2) is 6.14. The van der Waals surface area contributed by atoms with Crippen LogP contribution in [0.2, 0.25) is 0 Å². The topological polar surface area (TPSA) is 12.9 Å². The molecular formula is C16H21NS. The number of thiazole rings is 1. The van der Waals surface area contributed by atoms with Crippen LogP contribution in [0, 0.1) is 6.92 Å². The van der Waals surface area contributed by atoms with Crippen molar-refractivity contribution in [2.75, 3.05) is 0 Å². The monoisotopic (exact) mass is 259 g/mol. The van der Waals surface area contributed by atoms with Gasteiger partial charge in [-0.2, -0.15) is 0 Å². The van der Waals surface area contributed by atoms with Gasteiger partial charge in [-0.15, -0.1) is 11.3 Å². The molecule has 0 aliphatic rings. The first kappa shape index (κ1) is 13.3. The summed E-state index contributed by atoms with van der Waals surface area (Å²) < 4.78 is 0. The highest BCUT2D eigenvalue weighted by Crippen LogP contribution is 2.29. The number of benzene rings is 1. The molecule has 2 aromatic rings. The molecule has 1 nitrogen and oxygen atoms in total. The summed E-state index contributed by atoms with van der Waals surface area (Å²) in [6, 6.07) is 9.01. The van der Waals surface area contributed by atoms with Crippen molar-refractivity contribution in [2.24, 2.45) is 0 Å². The molecule has 0 spiro atoms. The predicted octanol–water partition coefficient (Wildman–Crippen LogP) is 5.41. The summed E-state index contributed by atoms with van der Waals surface area (Å²) in [7, 11) is 0. The van der Waals surface area contributed by atoms with Crippen LogP contribution in [0.3, 0.4) is 0 Å². The van der Waals surface area contributed by atoms with Crippen molar-refractivity contribution in [1.29, 1.82) is 0 Å². The number of aromatic nitrogens is 1. The SMILES string of the molecule is CCCC[C@H](C)c1ccc(-c2scnc2C)cc1. The molecular weight excluding hydrogens is 238 g/mol. The highest BCUT2D eigenvalue weighted by Gasteiger charge is 2.07. The normalized spacial score (nSPS) is 12.6. The van der Waals surface area contributed by atoms with Crippen molar-refractivity contribution in [3.63, 3.8) is 0 Å². The Bertz CT molecular complexity index is 484. The van der Waals surface area contributed by atoms with E-state index in [9.17, 15) is 0 Å². The third-order valence-corrected chi connectivity index (χ3v) is 4.46. The number of rotatable bonds is 5. The van der Waals surface area contributed by atoms with E-state index < -0.39 is 0 Å². The lowest BCUT2D eigenvalue weighted by atomic mass is 9.94. The van der Waals surface area contributed by atoms with E-state index in [0.29, 0.717) is 5.92 Å². The van der Waals surface area contributed by atoms with Gasteiger partial charge in [0.05, 0.1) is 16.1 Å². The molecule has 0 saturated heterocycles. The summed E-state index contributed by atoms with van der Waals surface area (Å²) in [5.74, 6) is 0.668. The Hall–Kier alpha value is -1.15. The Morgan fingerprint density at radius 3 is 2.50 bits per heavy atom. The molecule has 1 heterocycles. The number of hydrogen-bond acceptors (Lipinski definition) is 2. The average molecular weight is 259 g/mol. The van der Waals surface area contributed by atoms with Crippen LogP contribution in [-0.2, 0) is 0 Å². The van der Waals surface area contributed by atoms with Crippen LogP contribution in [0.5, 0.6) is 0 Å². The number of aryl methyl sites for hydroxylation is 1. The lowest BCUT2D eigenvalue weighted by Gasteiger charge is -2.11. The summed E-state index contributed by atoms with van der Waals surface area (Å²) in [5, 5.41) is 0. The molecule has 0 unspecified atom stereocenters. The molecule has 0 bridgehead atoms. The first-order valence-electron chi connectivity index (χ1n) is 6.72. The molecule has 2 rings (SSSR count). The Morgan fingerprint density at radius 1 is 1.22 bits per heavy atom. The first-order valence-corrected chi connectivity index (χ1v) is 7.60. The van der Waals surface area contributed by atoms with Crippen molar-refractivity contribution in [2.45, 2.75) is 46.0 Å². The Kier molecular flexibility index (Phi) is 4.54. The van der Waals surface area contributed by atoms with Crippen LogP contribution in [0.1, 0.15) is 50.3 Å². The molecule has 0 N–H and O–H groups in total. The lowest BCUT2D eigenvalue weighted by molar-refractivity contribution is 0.624. The second-order valence-electron chi connectivity index (χ2n) is 4.93. The van der Waals surface area contributed by atoms with Gasteiger partial charge in [0, 0.05) is 0 Å². The summed E-state index contributed by atoms with van der Waals surface area (Å²) >= 11 is 1.72. The van der Waals surface area contributed by atoms with Gasteiger partial charge in [-0.25, -0.2) is 4.98 Å². The molecule has 96 valence electrons. The zero-order valence-corrected chi connectivity index (χ0v) is 12.3. The maximum atomic E-state index is 4.31. The van der Waals surface area contributed by atoms with Crippen LogP contribution < -0.4 is 0 Å². The minimum absolute atomic E-state index is 0.668. The van der Waals surface area contributed by atoms with Crippen LogP contribution in [-0.4, -0.2) is 4.98 Å². The molecule has 1 atom stereocenters. The fourth-order valence-corrected chi connectivity index (χ4v) is 3.03. The fourth-order valence-electron chi connectivity index (χ4n) is 2.22. The lowest BCUT2D eigenvalue weighted by Crippen LogP contribution is -1.93. The third kappa shape index (κ3) is 2.99. The van der Waals surface area contributed by atoms with E-state index in [2.05, 4.69) is 50.0 Å². The van der Waals surface area contributed by atoms with Gasteiger partial charge in [0.2, 0.25) is 0 Å². The standard InChI is InChI=1S/C16H21NS/c1-4-5-6-12(2)14-7-9-15(10-8-14)16-13(3)17-11-18-16/h7-12H,4-6H2,1-3H3/t12-/m0/s1. The number of unbranched alkanes of at least 4 members (excludes halogenated alkanes) is 1. The van der Waals surface area contributed by atoms with Gasteiger partial charge in [0.15, 0.2) is 0 Å². The molecule has 18 heavy (non-hydrogen) atoms. The smallest absolute Gasteiger partial charge is 0.0801 e. The molecule has 0 radical (unpaired) electrons. The third-order valence-electron chi connectivity index (χ3n) is 3.48. The average Bonchev–Trinajstić information content (AvgIpc) is 2.82. The predicted molar refractivity (Wildman–Crippen MR) is 80.2 cm³/mol. The maximum absolute atomic E-state index is 4.31. The number of nitrogens with zero attached hydrogens (tertiary/aromatic N) is 1. The molecule has 0 fully saturated rings. The van der Waals surface area contributed by atoms with Crippen LogP contribution >= 0.6 is 11.3 Å². The Balaban J connectivity index is 2.13. The van der Waals surface area contributed by atoms with E-state index in [4.69, 9.17) is 0 Å². The van der Waals surface area contributed by atoms with E-state index in [1.165, 1.54) is 35.3 Å². The van der Waals surface area contributed by atoms with E-state index in [1.807, 2.05) is 5.51 Å². The van der Waals surface area contributed by atoms with Gasteiger partial charge < -0.3 is 0 Å². The van der Waals surface area contributed by atoms with E-state index in [1.54, 1.807) is 11.3 Å². The summed E-state index contributed by atoms with van der Waals surface area (Å²) in [4.78, 5) is 5.60. The molecule has 0 aliphatic carbocycles. The van der Waals surface area contributed by atoms with E-state index >= 15 is 0 Å². The van der Waals surface area contributed by atoms with E-state index in [0.717, 1.165) is 5.69 Å². The zero-order chi connectivity index (χ0) is 13.0. The minimum Gasteiger partial charge on any atom is -0.249 e. The fraction of sp³-hybridized carbons (Fsp3) is 0.438. The van der Waals surface area contributed by atoms with Crippen molar-refractivity contribution in [1.82, 2.24) is 4.98 Å². The van der Waals surface area contributed by atoms with Crippen LogP contribution in [0.4, 0.5) is 0 Å². The van der Waals surface area contributed by atoms with Crippen LogP contribution in [0.25, 0.3) is 10.4 Å². The van der Waals surface area contributed by atoms with Crippen molar-refractivity contribution < 1.29 is 0 Å². The Morgan fingerprint density at radius 2 is 1.94 bits per heavy atom. The van der Waals surface area contributed by atoms with Crippen molar-refractivity contribution in [3.05, 3.63) is 41.0 Å². The largest absolute Gasteiger partial charge is 0.249 e. The van der Waals surface area contributed by atoms with E-state index in [-0.39, 0.29) is 0 Å². The van der Waals surface area contributed by atoms with Gasteiger partial charge in [0.1, 0.15) is 0 Å². The minimum atomic E-state index is 0.668. The van der Waals surface area contributed by atoms with Crippen molar-refractivity contribution >= 4 is 11.3 Å². The molecule has 0 saturated carbocycles. The molecule has 2 heteroatoms. The van der Waals surface area contributed by atoms with Gasteiger partial charge in [-0.05, 0) is 30.4 Å². The van der Waals surface area contributed by atoms with Gasteiger partial charge in [-0.3, -0.25) is 0 Å². The molecule has 0 aliphatic heterocycles. The van der Waals surface area contributed by atoms with Crippen molar-refractivity contribution in [3.8, 4) is 10.4 Å². The summed E-state index contributed by atoms with van der Waals surface area (Å²) in [5.41, 5.74) is 5.80.